The van der Waals surface area contributed by atoms with Crippen LogP contribution in [-0.2, 0) is 4.74 Å². The van der Waals surface area contributed by atoms with Crippen LogP contribution in [0.1, 0.15) is 60.3 Å². The van der Waals surface area contributed by atoms with Crippen molar-refractivity contribution in [3.8, 4) is 0 Å². The molecular weight excluding hydrogens is 222 g/mol. The third kappa shape index (κ3) is 5.90. The summed E-state index contributed by atoms with van der Waals surface area (Å²) in [6.07, 6.45) is 6.87. The van der Waals surface area contributed by atoms with Gasteiger partial charge in [0.25, 0.3) is 0 Å². The van der Waals surface area contributed by atoms with Crippen LogP contribution in [0.3, 0.4) is 0 Å². The summed E-state index contributed by atoms with van der Waals surface area (Å²) in [7, 11) is 0. The minimum absolute atomic E-state index is 0.424. The maximum Gasteiger partial charge on any atom is 0.0876 e. The Morgan fingerprint density at radius 2 is 2.11 bits per heavy atom. The summed E-state index contributed by atoms with van der Waals surface area (Å²) in [5, 5.41) is 3.62. The minimum atomic E-state index is 0.424. The second-order valence-corrected chi connectivity index (χ2v) is 6.88. The smallest absolute Gasteiger partial charge is 0.0876 e. The van der Waals surface area contributed by atoms with E-state index in [1.807, 2.05) is 6.26 Å². The quantitative estimate of drug-likeness (QED) is 0.769. The largest absolute Gasteiger partial charge is 0.501 e. The van der Waals surface area contributed by atoms with Crippen LogP contribution in [0, 0.1) is 11.3 Å². The Kier molecular flexibility index (Phi) is 6.20. The first-order valence-electron chi connectivity index (χ1n) is 7.46. The molecule has 2 atom stereocenters. The number of hydrogen-bond acceptors (Lipinski definition) is 2. The lowest BCUT2D eigenvalue weighted by molar-refractivity contribution is 0.214. The van der Waals surface area contributed by atoms with Gasteiger partial charge in [-0.3, -0.25) is 0 Å². The molecule has 0 saturated carbocycles. The SMILES string of the molecule is CCNC(CC(C)CC(C)(C)C)C1=COCCC1. The first-order valence-corrected chi connectivity index (χ1v) is 7.46. The van der Waals surface area contributed by atoms with Crippen LogP contribution < -0.4 is 5.32 Å². The highest BCUT2D eigenvalue weighted by atomic mass is 16.5. The van der Waals surface area contributed by atoms with Crippen LogP contribution in [-0.4, -0.2) is 19.2 Å². The molecule has 0 aromatic heterocycles. The number of nitrogens with one attached hydrogen (secondary N) is 1. The Morgan fingerprint density at radius 1 is 1.39 bits per heavy atom. The molecule has 0 amide bonds. The molecule has 0 saturated heterocycles. The van der Waals surface area contributed by atoms with Gasteiger partial charge in [-0.2, -0.15) is 0 Å². The summed E-state index contributed by atoms with van der Waals surface area (Å²) in [5.74, 6) is 0.747. The van der Waals surface area contributed by atoms with Gasteiger partial charge in [0.1, 0.15) is 0 Å². The normalized spacial score (nSPS) is 19.9. The topological polar surface area (TPSA) is 21.3 Å². The fraction of sp³-hybridized carbons (Fsp3) is 0.875. The molecular formula is C16H31NO. The van der Waals surface area contributed by atoms with Crippen molar-refractivity contribution in [3.05, 3.63) is 11.8 Å². The van der Waals surface area contributed by atoms with Gasteiger partial charge >= 0.3 is 0 Å². The zero-order chi connectivity index (χ0) is 13.6. The Labute approximate surface area is 113 Å². The van der Waals surface area contributed by atoms with Crippen molar-refractivity contribution < 1.29 is 4.74 Å². The molecule has 1 N–H and O–H groups in total. The van der Waals surface area contributed by atoms with Crippen LogP contribution in [0.4, 0.5) is 0 Å². The van der Waals surface area contributed by atoms with E-state index in [1.54, 1.807) is 0 Å². The van der Waals surface area contributed by atoms with Gasteiger partial charge in [0, 0.05) is 6.04 Å². The van der Waals surface area contributed by atoms with Gasteiger partial charge < -0.3 is 10.1 Å². The standard InChI is InChI=1S/C16H31NO/c1-6-17-15(14-8-7-9-18-12-14)10-13(2)11-16(3,4)5/h12-13,15,17H,6-11H2,1-5H3. The predicted octanol–water partition coefficient (Wildman–Crippen LogP) is 4.12. The summed E-state index contributed by atoms with van der Waals surface area (Å²) in [4.78, 5) is 0. The summed E-state index contributed by atoms with van der Waals surface area (Å²) in [6, 6.07) is 0.507. The van der Waals surface area contributed by atoms with Crippen molar-refractivity contribution in [2.24, 2.45) is 11.3 Å². The van der Waals surface area contributed by atoms with E-state index in [0.29, 0.717) is 11.5 Å². The van der Waals surface area contributed by atoms with E-state index in [1.165, 1.54) is 31.3 Å². The summed E-state index contributed by atoms with van der Waals surface area (Å²) >= 11 is 0. The van der Waals surface area contributed by atoms with E-state index < -0.39 is 0 Å². The maximum atomic E-state index is 5.49. The summed E-state index contributed by atoms with van der Waals surface area (Å²) in [6.45, 7) is 13.5. The van der Waals surface area contributed by atoms with Crippen LogP contribution >= 0.6 is 0 Å². The number of rotatable bonds is 6. The first kappa shape index (κ1) is 15.6. The third-order valence-electron chi connectivity index (χ3n) is 3.46. The summed E-state index contributed by atoms with van der Waals surface area (Å²) < 4.78 is 5.49. The fourth-order valence-electron chi connectivity index (χ4n) is 2.98. The van der Waals surface area contributed by atoms with E-state index in [-0.39, 0.29) is 0 Å². The zero-order valence-corrected chi connectivity index (χ0v) is 12.9. The van der Waals surface area contributed by atoms with Gasteiger partial charge in [0.05, 0.1) is 12.9 Å². The Hall–Kier alpha value is -0.500. The lowest BCUT2D eigenvalue weighted by Gasteiger charge is -2.29. The van der Waals surface area contributed by atoms with Crippen molar-refractivity contribution in [1.29, 1.82) is 0 Å². The molecule has 0 bridgehead atoms. The lowest BCUT2D eigenvalue weighted by atomic mass is 9.81. The molecule has 1 aliphatic heterocycles. The fourth-order valence-corrected chi connectivity index (χ4v) is 2.98. The van der Waals surface area contributed by atoms with Crippen LogP contribution in [0.2, 0.25) is 0 Å². The third-order valence-corrected chi connectivity index (χ3v) is 3.46. The van der Waals surface area contributed by atoms with Crippen molar-refractivity contribution in [2.45, 2.75) is 66.3 Å². The Bertz CT molecular complexity index is 265. The number of ether oxygens (including phenoxy) is 1. The number of likely N-dealkylation sites (N-methyl/N-ethyl adjacent to an activating group) is 1. The molecule has 1 heterocycles. The minimum Gasteiger partial charge on any atom is -0.501 e. The van der Waals surface area contributed by atoms with Crippen LogP contribution in [0.15, 0.2) is 11.8 Å². The highest BCUT2D eigenvalue weighted by Crippen LogP contribution is 2.29. The van der Waals surface area contributed by atoms with Crippen molar-refractivity contribution in [2.75, 3.05) is 13.2 Å². The molecule has 2 nitrogen and oxygen atoms in total. The Balaban J connectivity index is 2.54. The molecule has 0 fully saturated rings. The second kappa shape index (κ2) is 7.18. The molecule has 0 spiro atoms. The molecule has 0 radical (unpaired) electrons. The van der Waals surface area contributed by atoms with Gasteiger partial charge in [0.2, 0.25) is 0 Å². The van der Waals surface area contributed by atoms with E-state index >= 15 is 0 Å². The zero-order valence-electron chi connectivity index (χ0n) is 12.9. The van der Waals surface area contributed by atoms with Gasteiger partial charge in [-0.1, -0.05) is 34.6 Å². The lowest BCUT2D eigenvalue weighted by Crippen LogP contribution is -2.34. The van der Waals surface area contributed by atoms with E-state index in [0.717, 1.165) is 19.1 Å². The first-order chi connectivity index (χ1) is 8.42. The highest BCUT2D eigenvalue weighted by molar-refractivity contribution is 5.10. The van der Waals surface area contributed by atoms with Crippen molar-refractivity contribution >= 4 is 0 Å². The van der Waals surface area contributed by atoms with Gasteiger partial charge in [-0.05, 0) is 49.1 Å². The average Bonchev–Trinajstić information content (AvgIpc) is 2.27. The number of hydrogen-bond donors (Lipinski definition) is 1. The maximum absolute atomic E-state index is 5.49. The second-order valence-electron chi connectivity index (χ2n) is 6.88. The van der Waals surface area contributed by atoms with Crippen molar-refractivity contribution in [1.82, 2.24) is 5.32 Å². The van der Waals surface area contributed by atoms with Crippen LogP contribution in [0.25, 0.3) is 0 Å². The van der Waals surface area contributed by atoms with Crippen LogP contribution in [0.5, 0.6) is 0 Å². The predicted molar refractivity (Wildman–Crippen MR) is 78.6 cm³/mol. The molecule has 2 unspecified atom stereocenters. The molecule has 106 valence electrons. The van der Waals surface area contributed by atoms with Gasteiger partial charge in [0.15, 0.2) is 0 Å². The molecule has 2 heteroatoms. The van der Waals surface area contributed by atoms with E-state index in [4.69, 9.17) is 4.74 Å². The molecule has 0 aromatic carbocycles. The van der Waals surface area contributed by atoms with E-state index in [9.17, 15) is 0 Å². The molecule has 18 heavy (non-hydrogen) atoms. The van der Waals surface area contributed by atoms with Crippen molar-refractivity contribution in [3.63, 3.8) is 0 Å². The van der Waals surface area contributed by atoms with E-state index in [2.05, 4.69) is 39.9 Å². The average molecular weight is 253 g/mol. The monoisotopic (exact) mass is 253 g/mol. The molecule has 1 rings (SSSR count). The Morgan fingerprint density at radius 3 is 2.61 bits per heavy atom. The van der Waals surface area contributed by atoms with Gasteiger partial charge in [-0.15, -0.1) is 0 Å². The summed E-state index contributed by atoms with van der Waals surface area (Å²) in [5.41, 5.74) is 1.89. The molecule has 0 aromatic rings. The highest BCUT2D eigenvalue weighted by Gasteiger charge is 2.22. The molecule has 1 aliphatic rings. The molecule has 0 aliphatic carbocycles. The van der Waals surface area contributed by atoms with Gasteiger partial charge in [-0.25, -0.2) is 0 Å².